The van der Waals surface area contributed by atoms with Gasteiger partial charge in [0, 0.05) is 11.6 Å². The number of esters is 1. The molecule has 2 bridgehead atoms. The van der Waals surface area contributed by atoms with Crippen LogP contribution in [0, 0.1) is 41.4 Å². The van der Waals surface area contributed by atoms with Crippen LogP contribution in [0.5, 0.6) is 0 Å². The van der Waals surface area contributed by atoms with E-state index in [1.165, 1.54) is 0 Å². The summed E-state index contributed by atoms with van der Waals surface area (Å²) >= 11 is 0. The smallest absolute Gasteiger partial charge is 0.309 e. The number of hydrogen-bond acceptors (Lipinski definition) is 5. The van der Waals surface area contributed by atoms with E-state index in [0.717, 1.165) is 6.42 Å². The van der Waals surface area contributed by atoms with Gasteiger partial charge in [-0.25, -0.2) is 0 Å². The standard InChI is InChI=1S/C26H27NO5/c28-21(14-4-2-1-3-5-14)13-32-26(31)15-6-8-16(9-7-15)27-24(29)22-17-10-11-18(20-12-19(17)20)23(22)25(27)30/h1-5,10-11,15-20,22-23H,6-9,12-13H2/t15?,16?,17-,18-,19-,20-,22-,23+/m1/s1. The molecule has 1 aromatic carbocycles. The van der Waals surface area contributed by atoms with Gasteiger partial charge in [-0.3, -0.25) is 24.1 Å². The zero-order chi connectivity index (χ0) is 22.0. The van der Waals surface area contributed by atoms with E-state index < -0.39 is 0 Å². The number of amides is 2. The quantitative estimate of drug-likeness (QED) is 0.309. The predicted molar refractivity (Wildman–Crippen MR) is 114 cm³/mol. The number of ketones is 1. The van der Waals surface area contributed by atoms with Gasteiger partial charge in [-0.05, 0) is 55.8 Å². The van der Waals surface area contributed by atoms with Gasteiger partial charge in [0.05, 0.1) is 17.8 Å². The number of rotatable bonds is 5. The number of carbonyl (C=O) groups excluding carboxylic acids is 4. The summed E-state index contributed by atoms with van der Waals surface area (Å²) in [4.78, 5) is 52.8. The van der Waals surface area contributed by atoms with Crippen LogP contribution in [0.4, 0.5) is 0 Å². The number of likely N-dealkylation sites (tertiary alicyclic amines) is 1. The Morgan fingerprint density at radius 1 is 0.875 bits per heavy atom. The molecule has 1 aliphatic heterocycles. The Hall–Kier alpha value is -2.76. The predicted octanol–water partition coefficient (Wildman–Crippen LogP) is 3.02. The molecule has 0 unspecified atom stereocenters. The van der Waals surface area contributed by atoms with Crippen LogP contribution >= 0.6 is 0 Å². The summed E-state index contributed by atoms with van der Waals surface area (Å²) in [6.07, 6.45) is 7.95. The van der Waals surface area contributed by atoms with Crippen LogP contribution in [-0.4, -0.2) is 41.1 Å². The Bertz CT molecular complexity index is 972. The first-order valence-electron chi connectivity index (χ1n) is 11.8. The minimum absolute atomic E-state index is 0.0178. The summed E-state index contributed by atoms with van der Waals surface area (Å²) in [5, 5.41) is 0. The minimum Gasteiger partial charge on any atom is -0.457 e. The minimum atomic E-state index is -0.359. The number of allylic oxidation sites excluding steroid dienone is 2. The number of hydrogen-bond donors (Lipinski definition) is 0. The highest BCUT2D eigenvalue weighted by atomic mass is 16.5. The SMILES string of the molecule is O=C(COC(=O)C1CCC(N2C(=O)[C@@H]3[C@@H]4C=C[C@H]([C@H]5C[C@H]45)[C@@H]3C2=O)CC1)c1ccccc1. The molecule has 166 valence electrons. The van der Waals surface area contributed by atoms with Gasteiger partial charge < -0.3 is 4.74 Å². The zero-order valence-electron chi connectivity index (χ0n) is 17.9. The Balaban J connectivity index is 1.05. The van der Waals surface area contributed by atoms with Crippen LogP contribution in [-0.2, 0) is 19.1 Å². The number of benzene rings is 1. The van der Waals surface area contributed by atoms with Crippen molar-refractivity contribution in [1.29, 1.82) is 0 Å². The van der Waals surface area contributed by atoms with Crippen molar-refractivity contribution >= 4 is 23.6 Å². The third-order valence-corrected chi connectivity index (χ3v) is 8.53. The van der Waals surface area contributed by atoms with Gasteiger partial charge in [-0.1, -0.05) is 42.5 Å². The molecule has 0 radical (unpaired) electrons. The van der Waals surface area contributed by atoms with E-state index in [2.05, 4.69) is 12.2 Å². The molecular formula is C26H27NO5. The molecule has 2 amide bonds. The fourth-order valence-corrected chi connectivity index (χ4v) is 6.87. The molecule has 0 aromatic heterocycles. The van der Waals surface area contributed by atoms with E-state index in [0.29, 0.717) is 43.1 Å². The maximum atomic E-state index is 13.3. The van der Waals surface area contributed by atoms with Crippen molar-refractivity contribution in [1.82, 2.24) is 4.90 Å². The summed E-state index contributed by atoms with van der Waals surface area (Å²) in [5.74, 6) is 0.547. The number of imide groups is 1. The molecule has 1 heterocycles. The van der Waals surface area contributed by atoms with Crippen molar-refractivity contribution in [2.75, 3.05) is 6.61 Å². The Morgan fingerprint density at radius 3 is 2.06 bits per heavy atom. The second kappa shape index (κ2) is 7.39. The molecule has 1 aromatic rings. The number of Topliss-reactive ketones (excluding diaryl/α,β-unsaturated/α-hetero) is 1. The van der Waals surface area contributed by atoms with Gasteiger partial charge >= 0.3 is 5.97 Å². The first-order valence-corrected chi connectivity index (χ1v) is 11.8. The van der Waals surface area contributed by atoms with Crippen molar-refractivity contribution in [2.24, 2.45) is 41.4 Å². The molecule has 3 saturated carbocycles. The Morgan fingerprint density at radius 2 is 1.47 bits per heavy atom. The fraction of sp³-hybridized carbons (Fsp3) is 0.538. The van der Waals surface area contributed by atoms with Gasteiger partial charge in [-0.2, -0.15) is 0 Å². The lowest BCUT2D eigenvalue weighted by atomic mass is 9.63. The third-order valence-electron chi connectivity index (χ3n) is 8.53. The maximum absolute atomic E-state index is 13.3. The third kappa shape index (κ3) is 2.99. The highest BCUT2D eigenvalue weighted by Crippen LogP contribution is 2.65. The number of nitrogens with zero attached hydrogens (tertiary/aromatic N) is 1. The van der Waals surface area contributed by atoms with Crippen LogP contribution in [0.1, 0.15) is 42.5 Å². The van der Waals surface area contributed by atoms with Crippen LogP contribution in [0.3, 0.4) is 0 Å². The molecule has 6 aliphatic rings. The lowest BCUT2D eigenvalue weighted by Gasteiger charge is -2.37. The molecule has 0 N–H and O–H groups in total. The number of ether oxygens (including phenoxy) is 1. The second-order valence-electron chi connectivity index (χ2n) is 10.1. The largest absolute Gasteiger partial charge is 0.457 e. The summed E-state index contributed by atoms with van der Waals surface area (Å²) in [5.41, 5.74) is 0.526. The van der Waals surface area contributed by atoms with E-state index in [1.54, 1.807) is 29.2 Å². The van der Waals surface area contributed by atoms with Crippen molar-refractivity contribution in [3.05, 3.63) is 48.0 Å². The van der Waals surface area contributed by atoms with Crippen molar-refractivity contribution in [2.45, 2.75) is 38.1 Å². The molecule has 7 rings (SSSR count). The molecule has 0 spiro atoms. The molecular weight excluding hydrogens is 406 g/mol. The van der Waals surface area contributed by atoms with Crippen LogP contribution in [0.25, 0.3) is 0 Å². The van der Waals surface area contributed by atoms with Gasteiger partial charge in [0.2, 0.25) is 11.8 Å². The lowest BCUT2D eigenvalue weighted by Crippen LogP contribution is -2.44. The van der Waals surface area contributed by atoms with Gasteiger partial charge in [0.1, 0.15) is 0 Å². The highest BCUT2D eigenvalue weighted by molar-refractivity contribution is 6.06. The maximum Gasteiger partial charge on any atom is 0.309 e. The fourth-order valence-electron chi connectivity index (χ4n) is 6.87. The van der Waals surface area contributed by atoms with Crippen molar-refractivity contribution in [3.8, 4) is 0 Å². The average Bonchev–Trinajstić information content (AvgIpc) is 3.61. The van der Waals surface area contributed by atoms with Crippen LogP contribution in [0.15, 0.2) is 42.5 Å². The highest BCUT2D eigenvalue weighted by Gasteiger charge is 2.67. The van der Waals surface area contributed by atoms with E-state index in [9.17, 15) is 19.2 Å². The van der Waals surface area contributed by atoms with E-state index in [-0.39, 0.29) is 65.8 Å². The molecule has 4 fully saturated rings. The summed E-state index contributed by atoms with van der Waals surface area (Å²) in [6.45, 7) is -0.257. The first kappa shape index (κ1) is 19.9. The molecule has 1 saturated heterocycles. The lowest BCUT2D eigenvalue weighted by molar-refractivity contribution is -0.149. The van der Waals surface area contributed by atoms with Crippen LogP contribution < -0.4 is 0 Å². The first-order chi connectivity index (χ1) is 15.5. The van der Waals surface area contributed by atoms with E-state index in [1.807, 2.05) is 6.07 Å². The van der Waals surface area contributed by atoms with Crippen molar-refractivity contribution in [3.63, 3.8) is 0 Å². The molecule has 6 atom stereocenters. The second-order valence-corrected chi connectivity index (χ2v) is 10.1. The normalized spacial score (nSPS) is 38.9. The average molecular weight is 434 g/mol. The van der Waals surface area contributed by atoms with Crippen molar-refractivity contribution < 1.29 is 23.9 Å². The summed E-state index contributed by atoms with van der Waals surface area (Å²) in [6, 6.07) is 8.67. The Labute approximate surface area is 187 Å². The topological polar surface area (TPSA) is 80.8 Å². The summed E-state index contributed by atoms with van der Waals surface area (Å²) in [7, 11) is 0. The molecule has 32 heavy (non-hydrogen) atoms. The monoisotopic (exact) mass is 433 g/mol. The van der Waals surface area contributed by atoms with E-state index >= 15 is 0 Å². The number of carbonyl (C=O) groups is 4. The zero-order valence-corrected chi connectivity index (χ0v) is 17.9. The molecule has 6 heteroatoms. The van der Waals surface area contributed by atoms with Gasteiger partial charge in [0.25, 0.3) is 0 Å². The van der Waals surface area contributed by atoms with E-state index in [4.69, 9.17) is 4.74 Å². The Kier molecular flexibility index (Phi) is 4.60. The van der Waals surface area contributed by atoms with Gasteiger partial charge in [0.15, 0.2) is 12.4 Å². The van der Waals surface area contributed by atoms with Gasteiger partial charge in [-0.15, -0.1) is 0 Å². The summed E-state index contributed by atoms with van der Waals surface area (Å²) < 4.78 is 5.29. The molecule has 6 nitrogen and oxygen atoms in total. The van der Waals surface area contributed by atoms with Crippen LogP contribution in [0.2, 0.25) is 0 Å². The molecule has 5 aliphatic carbocycles.